The van der Waals surface area contributed by atoms with E-state index >= 15 is 0 Å². The average molecular weight is 253 g/mol. The fourth-order valence-corrected chi connectivity index (χ4v) is 1.96. The van der Waals surface area contributed by atoms with Crippen LogP contribution in [0.3, 0.4) is 0 Å². The number of rotatable bonds is 4. The van der Waals surface area contributed by atoms with E-state index < -0.39 is 0 Å². The highest BCUT2D eigenvalue weighted by atomic mass is 16.2. The Hall–Kier alpha value is -2.42. The molecular weight excluding hydrogens is 238 g/mol. The van der Waals surface area contributed by atoms with E-state index in [0.29, 0.717) is 18.5 Å². The van der Waals surface area contributed by atoms with Gasteiger partial charge in [-0.2, -0.15) is 0 Å². The average Bonchev–Trinajstić information content (AvgIpc) is 2.49. The molecule has 0 atom stereocenters. The van der Waals surface area contributed by atoms with E-state index in [4.69, 9.17) is 0 Å². The highest BCUT2D eigenvalue weighted by Gasteiger charge is 2.17. The van der Waals surface area contributed by atoms with Crippen molar-refractivity contribution in [3.8, 4) is 11.1 Å². The van der Waals surface area contributed by atoms with Crippen LogP contribution in [-0.2, 0) is 4.79 Å². The van der Waals surface area contributed by atoms with Crippen molar-refractivity contribution in [2.75, 3.05) is 6.54 Å². The van der Waals surface area contributed by atoms with Gasteiger partial charge < -0.3 is 0 Å². The van der Waals surface area contributed by atoms with Crippen molar-refractivity contribution in [1.82, 2.24) is 4.90 Å². The lowest BCUT2D eigenvalue weighted by Gasteiger charge is -2.15. The number of carbonyl (C=O) groups is 2. The topological polar surface area (TPSA) is 37.4 Å². The van der Waals surface area contributed by atoms with Gasteiger partial charge >= 0.3 is 0 Å². The van der Waals surface area contributed by atoms with Crippen molar-refractivity contribution in [3.05, 3.63) is 60.2 Å². The first-order valence-electron chi connectivity index (χ1n) is 6.18. The first kappa shape index (κ1) is 13.0. The maximum atomic E-state index is 12.3. The molecule has 0 heterocycles. The third-order valence-corrected chi connectivity index (χ3v) is 2.97. The Bertz CT molecular complexity index is 578. The summed E-state index contributed by atoms with van der Waals surface area (Å²) in [5, 5.41) is 0. The molecule has 0 aliphatic rings. The van der Waals surface area contributed by atoms with E-state index in [9.17, 15) is 9.59 Å². The number of imide groups is 1. The molecule has 2 rings (SSSR count). The highest BCUT2D eigenvalue weighted by molar-refractivity contribution is 6.04. The molecule has 0 aliphatic carbocycles. The van der Waals surface area contributed by atoms with Gasteiger partial charge in [0.15, 0.2) is 0 Å². The zero-order chi connectivity index (χ0) is 13.7. The molecule has 0 saturated heterocycles. The second-order valence-electron chi connectivity index (χ2n) is 4.11. The number of benzene rings is 2. The quantitative estimate of drug-likeness (QED) is 0.785. The SMILES string of the molecule is CCN(C=O)C(=O)c1ccccc1-c1ccccc1. The van der Waals surface area contributed by atoms with E-state index in [1.807, 2.05) is 42.5 Å². The van der Waals surface area contributed by atoms with E-state index in [1.165, 1.54) is 4.90 Å². The summed E-state index contributed by atoms with van der Waals surface area (Å²) in [4.78, 5) is 24.4. The van der Waals surface area contributed by atoms with E-state index in [2.05, 4.69) is 0 Å². The van der Waals surface area contributed by atoms with Crippen LogP contribution >= 0.6 is 0 Å². The Labute approximate surface area is 112 Å². The number of hydrogen-bond donors (Lipinski definition) is 0. The van der Waals surface area contributed by atoms with E-state index in [-0.39, 0.29) is 5.91 Å². The summed E-state index contributed by atoms with van der Waals surface area (Å²) in [6.07, 6.45) is 0.574. The fourth-order valence-electron chi connectivity index (χ4n) is 1.96. The standard InChI is InChI=1S/C16H15NO2/c1-2-17(12-18)16(19)15-11-7-6-10-14(15)13-8-4-3-5-9-13/h3-12H,2H2,1H3. The van der Waals surface area contributed by atoms with Crippen molar-refractivity contribution in [3.63, 3.8) is 0 Å². The molecule has 0 unspecified atom stereocenters. The Balaban J connectivity index is 2.48. The second-order valence-corrected chi connectivity index (χ2v) is 4.11. The largest absolute Gasteiger partial charge is 0.281 e. The van der Waals surface area contributed by atoms with Gasteiger partial charge in [0, 0.05) is 12.1 Å². The van der Waals surface area contributed by atoms with Gasteiger partial charge in [0.2, 0.25) is 6.41 Å². The van der Waals surface area contributed by atoms with Gasteiger partial charge in [-0.25, -0.2) is 0 Å². The summed E-state index contributed by atoms with van der Waals surface area (Å²) >= 11 is 0. The lowest BCUT2D eigenvalue weighted by atomic mass is 9.99. The zero-order valence-electron chi connectivity index (χ0n) is 10.7. The van der Waals surface area contributed by atoms with Crippen LogP contribution in [0.4, 0.5) is 0 Å². The van der Waals surface area contributed by atoms with Crippen molar-refractivity contribution in [2.45, 2.75) is 6.92 Å². The van der Waals surface area contributed by atoms with Crippen LogP contribution in [0.1, 0.15) is 17.3 Å². The Kier molecular flexibility index (Phi) is 4.08. The lowest BCUT2D eigenvalue weighted by Crippen LogP contribution is -2.29. The minimum Gasteiger partial charge on any atom is -0.281 e. The van der Waals surface area contributed by atoms with Crippen LogP contribution in [-0.4, -0.2) is 23.8 Å². The monoisotopic (exact) mass is 253 g/mol. The molecule has 0 spiro atoms. The second kappa shape index (κ2) is 5.96. The molecule has 3 heteroatoms. The molecule has 2 aromatic rings. The van der Waals surface area contributed by atoms with Crippen LogP contribution in [0.5, 0.6) is 0 Å². The first-order chi connectivity index (χ1) is 9.27. The number of nitrogens with zero attached hydrogens (tertiary/aromatic N) is 1. The molecule has 0 radical (unpaired) electrons. The molecule has 0 N–H and O–H groups in total. The zero-order valence-corrected chi connectivity index (χ0v) is 10.7. The Morgan fingerprint density at radius 1 is 1.05 bits per heavy atom. The van der Waals surface area contributed by atoms with Gasteiger partial charge in [-0.1, -0.05) is 48.5 Å². The predicted octanol–water partition coefficient (Wildman–Crippen LogP) is 2.97. The van der Waals surface area contributed by atoms with Crippen LogP contribution in [0.15, 0.2) is 54.6 Å². The third kappa shape index (κ3) is 2.71. The molecule has 0 saturated carbocycles. The van der Waals surface area contributed by atoms with Crippen molar-refractivity contribution >= 4 is 12.3 Å². The normalized spacial score (nSPS) is 9.95. The van der Waals surface area contributed by atoms with Gasteiger partial charge in [-0.15, -0.1) is 0 Å². The van der Waals surface area contributed by atoms with Crippen molar-refractivity contribution in [1.29, 1.82) is 0 Å². The summed E-state index contributed by atoms with van der Waals surface area (Å²) < 4.78 is 0. The maximum Gasteiger partial charge on any atom is 0.260 e. The number of amides is 2. The minimum absolute atomic E-state index is 0.267. The van der Waals surface area contributed by atoms with E-state index in [1.54, 1.807) is 19.1 Å². The summed E-state index contributed by atoms with van der Waals surface area (Å²) in [7, 11) is 0. The highest BCUT2D eigenvalue weighted by Crippen LogP contribution is 2.24. The summed E-state index contributed by atoms with van der Waals surface area (Å²) in [5.74, 6) is -0.267. The molecule has 96 valence electrons. The van der Waals surface area contributed by atoms with Gasteiger partial charge in [0.25, 0.3) is 5.91 Å². The lowest BCUT2D eigenvalue weighted by molar-refractivity contribution is -0.115. The van der Waals surface area contributed by atoms with Gasteiger partial charge in [0.05, 0.1) is 0 Å². The summed E-state index contributed by atoms with van der Waals surface area (Å²) in [6, 6.07) is 17.0. The fraction of sp³-hybridized carbons (Fsp3) is 0.125. The summed E-state index contributed by atoms with van der Waals surface area (Å²) in [5.41, 5.74) is 2.35. The Morgan fingerprint density at radius 2 is 1.68 bits per heavy atom. The number of hydrogen-bond acceptors (Lipinski definition) is 2. The molecule has 19 heavy (non-hydrogen) atoms. The molecule has 0 aromatic heterocycles. The molecular formula is C16H15NO2. The van der Waals surface area contributed by atoms with Gasteiger partial charge in [-0.3, -0.25) is 14.5 Å². The predicted molar refractivity (Wildman–Crippen MR) is 74.7 cm³/mol. The molecule has 0 fully saturated rings. The number of carbonyl (C=O) groups excluding carboxylic acids is 2. The van der Waals surface area contributed by atoms with E-state index in [0.717, 1.165) is 11.1 Å². The first-order valence-corrected chi connectivity index (χ1v) is 6.18. The van der Waals surface area contributed by atoms with Gasteiger partial charge in [0.1, 0.15) is 0 Å². The molecule has 0 bridgehead atoms. The molecule has 3 nitrogen and oxygen atoms in total. The van der Waals surface area contributed by atoms with Crippen LogP contribution in [0, 0.1) is 0 Å². The molecule has 2 amide bonds. The van der Waals surface area contributed by atoms with Crippen LogP contribution in [0.2, 0.25) is 0 Å². The van der Waals surface area contributed by atoms with Crippen molar-refractivity contribution < 1.29 is 9.59 Å². The molecule has 2 aromatic carbocycles. The maximum absolute atomic E-state index is 12.3. The minimum atomic E-state index is -0.267. The third-order valence-electron chi connectivity index (χ3n) is 2.97. The van der Waals surface area contributed by atoms with Gasteiger partial charge in [-0.05, 0) is 24.1 Å². The van der Waals surface area contributed by atoms with Crippen LogP contribution < -0.4 is 0 Å². The van der Waals surface area contributed by atoms with Crippen LogP contribution in [0.25, 0.3) is 11.1 Å². The summed E-state index contributed by atoms with van der Waals surface area (Å²) in [6.45, 7) is 2.14. The molecule has 0 aliphatic heterocycles. The Morgan fingerprint density at radius 3 is 2.32 bits per heavy atom. The van der Waals surface area contributed by atoms with Crippen molar-refractivity contribution in [2.24, 2.45) is 0 Å². The smallest absolute Gasteiger partial charge is 0.260 e.